The summed E-state index contributed by atoms with van der Waals surface area (Å²) in [5.41, 5.74) is -0.317. The molecule has 0 fully saturated rings. The number of aromatic nitrogens is 2. The monoisotopic (exact) mass is 282 g/mol. The molecule has 0 radical (unpaired) electrons. The van der Waals surface area contributed by atoms with Crippen LogP contribution in [0.5, 0.6) is 0 Å². The topological polar surface area (TPSA) is 67.2 Å². The normalized spacial score (nSPS) is 9.79. The standard InChI is InChI=1S/C12H15ClN4O2/c1-4-6-17-12(19)11(9(13)7-15-17)14-8-10(18)16(3)5-2/h1,7,14H,5-6,8H2,2-3H3. The van der Waals surface area contributed by atoms with Gasteiger partial charge in [0.25, 0.3) is 5.56 Å². The number of anilines is 1. The summed E-state index contributed by atoms with van der Waals surface area (Å²) >= 11 is 5.88. The predicted molar refractivity (Wildman–Crippen MR) is 74.1 cm³/mol. The van der Waals surface area contributed by atoms with Crippen molar-refractivity contribution >= 4 is 23.2 Å². The number of carbonyl (C=O) groups excluding carboxylic acids is 1. The molecule has 0 saturated carbocycles. The summed E-state index contributed by atoms with van der Waals surface area (Å²) in [7, 11) is 1.68. The van der Waals surface area contributed by atoms with Gasteiger partial charge in [0.15, 0.2) is 0 Å². The highest BCUT2D eigenvalue weighted by Gasteiger charge is 2.12. The summed E-state index contributed by atoms with van der Waals surface area (Å²) in [4.78, 5) is 25.1. The Morgan fingerprint density at radius 3 is 2.95 bits per heavy atom. The summed E-state index contributed by atoms with van der Waals surface area (Å²) in [6, 6.07) is 0. The highest BCUT2D eigenvalue weighted by atomic mass is 35.5. The van der Waals surface area contributed by atoms with Crippen molar-refractivity contribution in [1.82, 2.24) is 14.7 Å². The molecule has 19 heavy (non-hydrogen) atoms. The van der Waals surface area contributed by atoms with Crippen molar-refractivity contribution in [2.75, 3.05) is 25.5 Å². The number of nitrogens with zero attached hydrogens (tertiary/aromatic N) is 3. The van der Waals surface area contributed by atoms with E-state index in [4.69, 9.17) is 18.0 Å². The Bertz CT molecular complexity index is 562. The highest BCUT2D eigenvalue weighted by Crippen LogP contribution is 2.14. The zero-order chi connectivity index (χ0) is 14.4. The Labute approximate surface area is 116 Å². The fraction of sp³-hybridized carbons (Fsp3) is 0.417. The predicted octanol–water partition coefficient (Wildman–Crippen LogP) is 0.420. The Morgan fingerprint density at radius 2 is 2.37 bits per heavy atom. The first-order chi connectivity index (χ1) is 9.01. The molecule has 0 aliphatic heterocycles. The maximum absolute atomic E-state index is 12.0. The first kappa shape index (κ1) is 15.1. The van der Waals surface area contributed by atoms with E-state index >= 15 is 0 Å². The molecule has 0 spiro atoms. The van der Waals surface area contributed by atoms with Gasteiger partial charge in [-0.05, 0) is 6.92 Å². The molecule has 0 bridgehead atoms. The largest absolute Gasteiger partial charge is 0.370 e. The van der Waals surface area contributed by atoms with Crippen LogP contribution in [-0.2, 0) is 11.3 Å². The summed E-state index contributed by atoms with van der Waals surface area (Å²) < 4.78 is 1.10. The van der Waals surface area contributed by atoms with Gasteiger partial charge in [-0.15, -0.1) is 6.42 Å². The molecular formula is C12H15ClN4O2. The van der Waals surface area contributed by atoms with E-state index in [1.165, 1.54) is 11.1 Å². The van der Waals surface area contributed by atoms with Crippen LogP contribution < -0.4 is 10.9 Å². The lowest BCUT2D eigenvalue weighted by Crippen LogP contribution is -2.34. The molecule has 1 N–H and O–H groups in total. The third kappa shape index (κ3) is 3.73. The van der Waals surface area contributed by atoms with E-state index in [0.717, 1.165) is 4.68 Å². The third-order valence-corrected chi connectivity index (χ3v) is 2.84. The van der Waals surface area contributed by atoms with E-state index in [1.54, 1.807) is 7.05 Å². The molecule has 102 valence electrons. The number of rotatable bonds is 5. The molecular weight excluding hydrogens is 268 g/mol. The molecule has 1 heterocycles. The third-order valence-electron chi connectivity index (χ3n) is 2.56. The van der Waals surface area contributed by atoms with Gasteiger partial charge in [-0.3, -0.25) is 9.59 Å². The van der Waals surface area contributed by atoms with Gasteiger partial charge in [0, 0.05) is 13.6 Å². The van der Waals surface area contributed by atoms with E-state index in [2.05, 4.69) is 16.3 Å². The molecule has 0 saturated heterocycles. The van der Waals surface area contributed by atoms with Gasteiger partial charge in [0.05, 0.1) is 17.8 Å². The minimum Gasteiger partial charge on any atom is -0.370 e. The average Bonchev–Trinajstić information content (AvgIpc) is 2.40. The lowest BCUT2D eigenvalue weighted by molar-refractivity contribution is -0.127. The maximum Gasteiger partial charge on any atom is 0.292 e. The molecule has 0 aliphatic carbocycles. The maximum atomic E-state index is 12.0. The molecule has 0 atom stereocenters. The van der Waals surface area contributed by atoms with E-state index < -0.39 is 5.56 Å². The summed E-state index contributed by atoms with van der Waals surface area (Å²) in [6.07, 6.45) is 6.45. The van der Waals surface area contributed by atoms with Crippen molar-refractivity contribution in [3.8, 4) is 12.3 Å². The van der Waals surface area contributed by atoms with Crippen molar-refractivity contribution in [3.63, 3.8) is 0 Å². The van der Waals surface area contributed by atoms with Crippen LogP contribution in [0.1, 0.15) is 6.92 Å². The van der Waals surface area contributed by atoms with Crippen LogP contribution in [0.3, 0.4) is 0 Å². The number of likely N-dealkylation sites (N-methyl/N-ethyl adjacent to an activating group) is 1. The van der Waals surface area contributed by atoms with Gasteiger partial charge in [-0.2, -0.15) is 5.10 Å². The van der Waals surface area contributed by atoms with Gasteiger partial charge in [0.2, 0.25) is 5.91 Å². The number of nitrogens with one attached hydrogen (secondary N) is 1. The first-order valence-corrected chi connectivity index (χ1v) is 6.06. The van der Waals surface area contributed by atoms with Crippen molar-refractivity contribution in [1.29, 1.82) is 0 Å². The van der Waals surface area contributed by atoms with Crippen molar-refractivity contribution < 1.29 is 4.79 Å². The van der Waals surface area contributed by atoms with Gasteiger partial charge < -0.3 is 10.2 Å². The van der Waals surface area contributed by atoms with Gasteiger partial charge >= 0.3 is 0 Å². The Kier molecular flexibility index (Phi) is 5.39. The lowest BCUT2D eigenvalue weighted by Gasteiger charge is -2.15. The van der Waals surface area contributed by atoms with Gasteiger partial charge in [-0.25, -0.2) is 4.68 Å². The molecule has 1 rings (SSSR count). The van der Waals surface area contributed by atoms with Crippen LogP contribution >= 0.6 is 11.6 Å². The number of hydrogen-bond donors (Lipinski definition) is 1. The second kappa shape index (κ2) is 6.81. The fourth-order valence-corrected chi connectivity index (χ4v) is 1.49. The van der Waals surface area contributed by atoms with Crippen molar-refractivity contribution in [2.45, 2.75) is 13.5 Å². The number of hydrogen-bond acceptors (Lipinski definition) is 4. The number of halogens is 1. The Hall–Kier alpha value is -2.00. The summed E-state index contributed by atoms with van der Waals surface area (Å²) in [6.45, 7) is 2.48. The summed E-state index contributed by atoms with van der Waals surface area (Å²) in [5, 5.41) is 6.69. The number of amides is 1. The van der Waals surface area contributed by atoms with Crippen LogP contribution in [-0.4, -0.2) is 40.7 Å². The minimum atomic E-state index is -0.447. The number of terminal acetylenes is 1. The highest BCUT2D eigenvalue weighted by molar-refractivity contribution is 6.33. The molecule has 0 aliphatic rings. The van der Waals surface area contributed by atoms with E-state index in [9.17, 15) is 9.59 Å². The van der Waals surface area contributed by atoms with Crippen LogP contribution in [0.2, 0.25) is 5.02 Å². The molecule has 1 aromatic rings. The fourth-order valence-electron chi connectivity index (χ4n) is 1.30. The van der Waals surface area contributed by atoms with Crippen molar-refractivity contribution in [3.05, 3.63) is 21.6 Å². The summed E-state index contributed by atoms with van der Waals surface area (Å²) in [5.74, 6) is 2.18. The molecule has 1 amide bonds. The van der Waals surface area contributed by atoms with Crippen molar-refractivity contribution in [2.24, 2.45) is 0 Å². The van der Waals surface area contributed by atoms with E-state index in [-0.39, 0.29) is 29.7 Å². The van der Waals surface area contributed by atoms with Crippen LogP contribution in [0.15, 0.2) is 11.0 Å². The smallest absolute Gasteiger partial charge is 0.292 e. The average molecular weight is 283 g/mol. The SMILES string of the molecule is C#CCn1ncc(Cl)c(NCC(=O)N(C)CC)c1=O. The second-order valence-corrected chi connectivity index (χ2v) is 4.20. The quantitative estimate of drug-likeness (QED) is 0.795. The molecule has 6 nitrogen and oxygen atoms in total. The van der Waals surface area contributed by atoms with Gasteiger partial charge in [-0.1, -0.05) is 17.5 Å². The zero-order valence-electron chi connectivity index (χ0n) is 10.8. The lowest BCUT2D eigenvalue weighted by atomic mass is 10.4. The molecule has 7 heteroatoms. The molecule has 0 aromatic carbocycles. The van der Waals surface area contributed by atoms with Crippen LogP contribution in [0, 0.1) is 12.3 Å². The van der Waals surface area contributed by atoms with Crippen LogP contribution in [0.25, 0.3) is 0 Å². The zero-order valence-corrected chi connectivity index (χ0v) is 11.6. The number of carbonyl (C=O) groups is 1. The van der Waals surface area contributed by atoms with E-state index in [0.29, 0.717) is 6.54 Å². The molecule has 1 aromatic heterocycles. The first-order valence-electron chi connectivity index (χ1n) is 5.68. The van der Waals surface area contributed by atoms with E-state index in [1.807, 2.05) is 6.92 Å². The minimum absolute atomic E-state index is 0.0145. The Balaban J connectivity index is 2.90. The van der Waals surface area contributed by atoms with Gasteiger partial charge in [0.1, 0.15) is 12.2 Å². The molecule has 0 unspecified atom stereocenters. The second-order valence-electron chi connectivity index (χ2n) is 3.80. The Morgan fingerprint density at radius 1 is 1.68 bits per heavy atom. The van der Waals surface area contributed by atoms with Crippen LogP contribution in [0.4, 0.5) is 5.69 Å².